The van der Waals surface area contributed by atoms with Crippen molar-refractivity contribution in [2.75, 3.05) is 20.2 Å². The second-order valence-corrected chi connectivity index (χ2v) is 11.2. The Morgan fingerprint density at radius 2 is 1.93 bits per heavy atom. The van der Waals surface area contributed by atoms with Crippen LogP contribution in [0, 0.1) is 11.9 Å². The molecular formula is C31H34FN7O3. The Labute approximate surface area is 243 Å². The van der Waals surface area contributed by atoms with E-state index >= 15 is 0 Å². The largest absolute Gasteiger partial charge is 0.497 e. The number of carbonyl (C=O) groups excluding carboxylic acids is 2. The Balaban J connectivity index is 1.17. The molecule has 2 fully saturated rings. The van der Waals surface area contributed by atoms with Gasteiger partial charge in [-0.15, -0.1) is 5.10 Å². The standard InChI is InChI=1S/C31H34FN7O3/c1-38-27-10-7-20(13-25(27)36-37-38)16-35-30(40)28-14-21(12-19-5-8-23(42-2)9-6-19)18-39(28)31(41)26-15-22(17-34-26)24-4-3-11-33-29(24)32/h3-11,13,21-22,26,28,34H,12,14-18H2,1-2H3,(H,35,40)/t21-,22?,26-,28+/m1/s1. The van der Waals surface area contributed by atoms with Gasteiger partial charge in [-0.25, -0.2) is 9.67 Å². The zero-order chi connectivity index (χ0) is 29.2. The van der Waals surface area contributed by atoms with Gasteiger partial charge in [0.05, 0.1) is 18.7 Å². The maximum absolute atomic E-state index is 14.4. The van der Waals surface area contributed by atoms with E-state index in [0.29, 0.717) is 38.0 Å². The van der Waals surface area contributed by atoms with Crippen LogP contribution in [0.4, 0.5) is 4.39 Å². The van der Waals surface area contributed by atoms with E-state index < -0.39 is 18.0 Å². The van der Waals surface area contributed by atoms with Crippen molar-refractivity contribution in [2.24, 2.45) is 13.0 Å². The minimum absolute atomic E-state index is 0.113. The molecule has 4 atom stereocenters. The maximum Gasteiger partial charge on any atom is 0.243 e. The van der Waals surface area contributed by atoms with E-state index in [1.165, 1.54) is 6.20 Å². The second-order valence-electron chi connectivity index (χ2n) is 11.2. The van der Waals surface area contributed by atoms with Gasteiger partial charge in [0.1, 0.15) is 17.3 Å². The van der Waals surface area contributed by atoms with Crippen LogP contribution >= 0.6 is 0 Å². The second kappa shape index (κ2) is 11.8. The summed E-state index contributed by atoms with van der Waals surface area (Å²) in [5, 5.41) is 14.5. The first-order valence-corrected chi connectivity index (χ1v) is 14.2. The summed E-state index contributed by atoms with van der Waals surface area (Å²) in [6, 6.07) is 16.0. The Morgan fingerprint density at radius 3 is 2.71 bits per heavy atom. The van der Waals surface area contributed by atoms with Gasteiger partial charge >= 0.3 is 0 Å². The lowest BCUT2D eigenvalue weighted by Crippen LogP contribution is -2.51. The highest BCUT2D eigenvalue weighted by Crippen LogP contribution is 2.32. The van der Waals surface area contributed by atoms with Gasteiger partial charge < -0.3 is 20.3 Å². The molecule has 42 heavy (non-hydrogen) atoms. The van der Waals surface area contributed by atoms with Crippen LogP contribution in [-0.4, -0.2) is 69.0 Å². The van der Waals surface area contributed by atoms with Gasteiger partial charge in [0.25, 0.3) is 0 Å². The molecule has 0 aliphatic carbocycles. The van der Waals surface area contributed by atoms with Gasteiger partial charge in [0.2, 0.25) is 17.8 Å². The van der Waals surface area contributed by atoms with Gasteiger partial charge in [-0.2, -0.15) is 4.39 Å². The molecule has 2 aromatic heterocycles. The number of nitrogens with zero attached hydrogens (tertiary/aromatic N) is 5. The number of halogens is 1. The number of hydrogen-bond acceptors (Lipinski definition) is 7. The van der Waals surface area contributed by atoms with Crippen LogP contribution in [0.25, 0.3) is 11.0 Å². The van der Waals surface area contributed by atoms with Crippen molar-refractivity contribution in [3.63, 3.8) is 0 Å². The highest BCUT2D eigenvalue weighted by atomic mass is 19.1. The number of hydrogen-bond donors (Lipinski definition) is 2. The monoisotopic (exact) mass is 571 g/mol. The van der Waals surface area contributed by atoms with Crippen LogP contribution < -0.4 is 15.4 Å². The molecule has 2 N–H and O–H groups in total. The average Bonchev–Trinajstić information content (AvgIpc) is 3.75. The van der Waals surface area contributed by atoms with Crippen LogP contribution in [0.15, 0.2) is 60.8 Å². The predicted octanol–water partition coefficient (Wildman–Crippen LogP) is 2.73. The molecule has 2 amide bonds. The quantitative estimate of drug-likeness (QED) is 0.313. The van der Waals surface area contributed by atoms with E-state index in [1.807, 2.05) is 49.5 Å². The molecule has 4 aromatic rings. The van der Waals surface area contributed by atoms with E-state index in [1.54, 1.807) is 28.8 Å². The summed E-state index contributed by atoms with van der Waals surface area (Å²) in [7, 11) is 3.47. The van der Waals surface area contributed by atoms with Crippen molar-refractivity contribution in [1.82, 2.24) is 35.5 Å². The lowest BCUT2D eigenvalue weighted by molar-refractivity contribution is -0.139. The molecule has 1 unspecified atom stereocenters. The molecular weight excluding hydrogens is 537 g/mol. The van der Waals surface area contributed by atoms with E-state index in [4.69, 9.17) is 4.74 Å². The number of aromatic nitrogens is 4. The topological polar surface area (TPSA) is 114 Å². The van der Waals surface area contributed by atoms with Crippen LogP contribution in [0.5, 0.6) is 5.75 Å². The smallest absolute Gasteiger partial charge is 0.243 e. The van der Waals surface area contributed by atoms with Crippen molar-refractivity contribution in [1.29, 1.82) is 0 Å². The molecule has 2 aliphatic rings. The number of likely N-dealkylation sites (tertiary alicyclic amines) is 1. The minimum Gasteiger partial charge on any atom is -0.497 e. The van der Waals surface area contributed by atoms with Crippen molar-refractivity contribution in [3.05, 3.63) is 83.4 Å². The van der Waals surface area contributed by atoms with Crippen LogP contribution in [-0.2, 0) is 29.6 Å². The fraction of sp³-hybridized carbons (Fsp3) is 0.387. The number of benzene rings is 2. The van der Waals surface area contributed by atoms with Crippen LogP contribution in [0.1, 0.15) is 35.4 Å². The number of fused-ring (bicyclic) bond motifs is 1. The highest BCUT2D eigenvalue weighted by Gasteiger charge is 2.43. The summed E-state index contributed by atoms with van der Waals surface area (Å²) in [5.41, 5.74) is 4.20. The van der Waals surface area contributed by atoms with Gasteiger partial charge in [0.15, 0.2) is 0 Å². The molecule has 4 heterocycles. The number of aryl methyl sites for hydroxylation is 1. The Hall–Kier alpha value is -4.38. The Morgan fingerprint density at radius 1 is 1.12 bits per heavy atom. The summed E-state index contributed by atoms with van der Waals surface area (Å²) < 4.78 is 21.3. The zero-order valence-electron chi connectivity index (χ0n) is 23.7. The van der Waals surface area contributed by atoms with Crippen LogP contribution in [0.3, 0.4) is 0 Å². The van der Waals surface area contributed by atoms with Crippen molar-refractivity contribution < 1.29 is 18.7 Å². The summed E-state index contributed by atoms with van der Waals surface area (Å²) in [5.74, 6) is -0.0793. The third-order valence-electron chi connectivity index (χ3n) is 8.46. The van der Waals surface area contributed by atoms with E-state index in [-0.39, 0.29) is 23.7 Å². The van der Waals surface area contributed by atoms with Gasteiger partial charge in [0, 0.05) is 44.4 Å². The first-order chi connectivity index (χ1) is 20.4. The molecule has 0 bridgehead atoms. The minimum atomic E-state index is -0.600. The maximum atomic E-state index is 14.4. The zero-order valence-corrected chi connectivity index (χ0v) is 23.7. The summed E-state index contributed by atoms with van der Waals surface area (Å²) in [4.78, 5) is 33.0. The number of rotatable bonds is 8. The predicted molar refractivity (Wildman–Crippen MR) is 154 cm³/mol. The summed E-state index contributed by atoms with van der Waals surface area (Å²) in [6.07, 6.45) is 3.17. The number of carbonyl (C=O) groups is 2. The van der Waals surface area contributed by atoms with Crippen molar-refractivity contribution >= 4 is 22.8 Å². The SMILES string of the molecule is COc1ccc(C[C@@H]2C[C@@H](C(=O)NCc3ccc4c(c3)nnn4C)N(C(=O)[C@H]3CC(c4cccnc4F)CN3)C2)cc1. The molecule has 218 valence electrons. The Kier molecular flexibility index (Phi) is 7.84. The molecule has 2 saturated heterocycles. The summed E-state index contributed by atoms with van der Waals surface area (Å²) in [6.45, 7) is 1.26. The first-order valence-electron chi connectivity index (χ1n) is 14.2. The molecule has 0 spiro atoms. The molecule has 2 aromatic carbocycles. The fourth-order valence-corrected chi connectivity index (χ4v) is 6.22. The summed E-state index contributed by atoms with van der Waals surface area (Å²) >= 11 is 0. The molecule has 0 saturated carbocycles. The number of pyridine rings is 1. The normalized spacial score (nSPS) is 22.0. The highest BCUT2D eigenvalue weighted by molar-refractivity contribution is 5.90. The third kappa shape index (κ3) is 5.69. The average molecular weight is 572 g/mol. The molecule has 10 nitrogen and oxygen atoms in total. The molecule has 6 rings (SSSR count). The molecule has 0 radical (unpaired) electrons. The lowest BCUT2D eigenvalue weighted by atomic mass is 9.96. The molecule has 11 heteroatoms. The van der Waals surface area contributed by atoms with E-state index in [0.717, 1.165) is 34.3 Å². The Bertz CT molecular complexity index is 1590. The number of amides is 2. The third-order valence-corrected chi connectivity index (χ3v) is 8.46. The number of nitrogens with one attached hydrogen (secondary N) is 2. The first kappa shape index (κ1) is 27.8. The molecule has 2 aliphatic heterocycles. The van der Waals surface area contributed by atoms with Crippen molar-refractivity contribution in [2.45, 2.75) is 43.8 Å². The van der Waals surface area contributed by atoms with E-state index in [2.05, 4.69) is 25.9 Å². The number of methoxy groups -OCH3 is 1. The van der Waals surface area contributed by atoms with Gasteiger partial charge in [-0.05, 0) is 66.6 Å². The van der Waals surface area contributed by atoms with Gasteiger partial charge in [-0.1, -0.05) is 29.5 Å². The lowest BCUT2D eigenvalue weighted by Gasteiger charge is -2.27. The van der Waals surface area contributed by atoms with Gasteiger partial charge in [-0.3, -0.25) is 9.59 Å². The van der Waals surface area contributed by atoms with Crippen molar-refractivity contribution in [3.8, 4) is 5.75 Å². The fourth-order valence-electron chi connectivity index (χ4n) is 6.22. The number of ether oxygens (including phenoxy) is 1. The van der Waals surface area contributed by atoms with E-state index in [9.17, 15) is 14.0 Å². The van der Waals surface area contributed by atoms with Crippen LogP contribution in [0.2, 0.25) is 0 Å².